The lowest BCUT2D eigenvalue weighted by Crippen LogP contribution is -2.50. The van der Waals surface area contributed by atoms with Crippen LogP contribution in [0.25, 0.3) is 0 Å². The highest BCUT2D eigenvalue weighted by Gasteiger charge is 2.30. The van der Waals surface area contributed by atoms with E-state index in [0.29, 0.717) is 26.1 Å². The maximum atomic E-state index is 13.3. The first-order valence-corrected chi connectivity index (χ1v) is 13.5. The molecule has 0 aliphatic heterocycles. The van der Waals surface area contributed by atoms with Crippen LogP contribution in [0.5, 0.6) is 0 Å². The van der Waals surface area contributed by atoms with Crippen molar-refractivity contribution in [3.63, 3.8) is 0 Å². The molecular formula is C28H46N4O6. The van der Waals surface area contributed by atoms with Gasteiger partial charge in [-0.05, 0) is 49.3 Å². The minimum absolute atomic E-state index is 0.0109. The van der Waals surface area contributed by atoms with Crippen LogP contribution >= 0.6 is 0 Å². The van der Waals surface area contributed by atoms with Gasteiger partial charge in [-0.15, -0.1) is 0 Å². The summed E-state index contributed by atoms with van der Waals surface area (Å²) < 4.78 is 0. The molecule has 38 heavy (non-hydrogen) atoms. The Labute approximate surface area is 226 Å². The molecule has 0 saturated carbocycles. The summed E-state index contributed by atoms with van der Waals surface area (Å²) >= 11 is 0. The first-order valence-electron chi connectivity index (χ1n) is 13.5. The van der Waals surface area contributed by atoms with Crippen molar-refractivity contribution < 1.29 is 29.4 Å². The molecule has 0 aliphatic rings. The van der Waals surface area contributed by atoms with Gasteiger partial charge in [0, 0.05) is 36.3 Å². The standard InChI is InChI=1S/C28H46N4O6/c1-7-9-32(10-8-2)28(38)21-13-19(26(29)36)12-20(14-21)27(37)31-22(11-17(3)4)25(35)23(33)15-24(34)30-16-18(5)6/h12-14,17-18,22-23,25,33,35H,7-11,15-16H2,1-6H3,(H2,29,36)(H,30,34)(H,31,37)/t22-,23+,25+/m0/s1. The average Bonchev–Trinajstić information content (AvgIpc) is 2.85. The Morgan fingerprint density at radius 1 is 0.895 bits per heavy atom. The van der Waals surface area contributed by atoms with Gasteiger partial charge in [0.1, 0.15) is 6.10 Å². The van der Waals surface area contributed by atoms with E-state index in [0.717, 1.165) is 12.8 Å². The maximum absolute atomic E-state index is 13.3. The topological polar surface area (TPSA) is 162 Å². The van der Waals surface area contributed by atoms with Crippen molar-refractivity contribution in [1.29, 1.82) is 0 Å². The largest absolute Gasteiger partial charge is 0.390 e. The zero-order valence-corrected chi connectivity index (χ0v) is 23.6. The van der Waals surface area contributed by atoms with Crippen LogP contribution in [0.3, 0.4) is 0 Å². The lowest BCUT2D eigenvalue weighted by atomic mass is 9.94. The molecule has 10 heteroatoms. The van der Waals surface area contributed by atoms with Crippen molar-refractivity contribution in [2.45, 2.75) is 85.5 Å². The van der Waals surface area contributed by atoms with Gasteiger partial charge in [0.05, 0.1) is 18.6 Å². The number of rotatable bonds is 16. The van der Waals surface area contributed by atoms with E-state index in [1.54, 1.807) is 4.90 Å². The number of nitrogens with one attached hydrogen (secondary N) is 2. The molecule has 0 fully saturated rings. The fourth-order valence-corrected chi connectivity index (χ4v) is 4.07. The van der Waals surface area contributed by atoms with Gasteiger partial charge in [0.15, 0.2) is 0 Å². The van der Waals surface area contributed by atoms with Gasteiger partial charge in [-0.25, -0.2) is 0 Å². The van der Waals surface area contributed by atoms with Crippen molar-refractivity contribution in [3.8, 4) is 0 Å². The predicted octanol–water partition coefficient (Wildman–Crippen LogP) is 2.08. The highest BCUT2D eigenvalue weighted by molar-refractivity contribution is 6.04. The summed E-state index contributed by atoms with van der Waals surface area (Å²) in [4.78, 5) is 52.2. The van der Waals surface area contributed by atoms with Crippen LogP contribution < -0.4 is 16.4 Å². The monoisotopic (exact) mass is 534 g/mol. The Morgan fingerprint density at radius 2 is 1.45 bits per heavy atom. The molecule has 6 N–H and O–H groups in total. The molecule has 1 rings (SSSR count). The molecule has 0 radical (unpaired) electrons. The first-order chi connectivity index (χ1) is 17.8. The van der Waals surface area contributed by atoms with Crippen LogP contribution in [-0.4, -0.2) is 76.6 Å². The second-order valence-corrected chi connectivity index (χ2v) is 10.6. The molecule has 10 nitrogen and oxygen atoms in total. The maximum Gasteiger partial charge on any atom is 0.253 e. The summed E-state index contributed by atoms with van der Waals surface area (Å²) in [5.41, 5.74) is 5.69. The number of aliphatic hydroxyl groups excluding tert-OH is 2. The number of nitrogens with zero attached hydrogens (tertiary/aromatic N) is 1. The van der Waals surface area contributed by atoms with Crippen molar-refractivity contribution in [2.24, 2.45) is 17.6 Å². The van der Waals surface area contributed by atoms with E-state index >= 15 is 0 Å². The normalized spacial score (nSPS) is 13.6. The van der Waals surface area contributed by atoms with Gasteiger partial charge in [-0.3, -0.25) is 19.2 Å². The zero-order valence-electron chi connectivity index (χ0n) is 23.6. The highest BCUT2D eigenvalue weighted by Crippen LogP contribution is 2.17. The number of carbonyl (C=O) groups excluding carboxylic acids is 4. The van der Waals surface area contributed by atoms with Crippen LogP contribution in [0, 0.1) is 11.8 Å². The number of amides is 4. The molecule has 4 amide bonds. The van der Waals surface area contributed by atoms with Crippen LogP contribution in [0.4, 0.5) is 0 Å². The summed E-state index contributed by atoms with van der Waals surface area (Å²) in [6, 6.07) is 3.19. The minimum atomic E-state index is -1.42. The van der Waals surface area contributed by atoms with Crippen molar-refractivity contribution in [1.82, 2.24) is 15.5 Å². The lowest BCUT2D eigenvalue weighted by Gasteiger charge is -2.29. The highest BCUT2D eigenvalue weighted by atomic mass is 16.3. The molecule has 0 bridgehead atoms. The number of primary amides is 1. The van der Waals surface area contributed by atoms with E-state index in [2.05, 4.69) is 10.6 Å². The summed E-state index contributed by atoms with van der Waals surface area (Å²) in [5.74, 6) is -1.86. The van der Waals surface area contributed by atoms with E-state index < -0.39 is 36.0 Å². The van der Waals surface area contributed by atoms with Gasteiger partial charge >= 0.3 is 0 Å². The summed E-state index contributed by atoms with van der Waals surface area (Å²) in [7, 11) is 0. The number of hydrogen-bond donors (Lipinski definition) is 5. The first kappa shape index (κ1) is 33.0. The molecular weight excluding hydrogens is 488 g/mol. The SMILES string of the molecule is CCCN(CCC)C(=O)c1cc(C(N)=O)cc(C(=O)N[C@@H](CC(C)C)[C@@H](O)[C@H](O)CC(=O)NCC(C)C)c1. The van der Waals surface area contributed by atoms with Crippen LogP contribution in [0.15, 0.2) is 18.2 Å². The molecule has 0 unspecified atom stereocenters. The van der Waals surface area contributed by atoms with Crippen molar-refractivity contribution in [3.05, 3.63) is 34.9 Å². The van der Waals surface area contributed by atoms with Gasteiger partial charge in [0.2, 0.25) is 11.8 Å². The molecule has 3 atom stereocenters. The fourth-order valence-electron chi connectivity index (χ4n) is 4.07. The van der Waals surface area contributed by atoms with E-state index in [9.17, 15) is 29.4 Å². The number of nitrogens with two attached hydrogens (primary N) is 1. The quantitative estimate of drug-likeness (QED) is 0.218. The second kappa shape index (κ2) is 16.1. The molecule has 0 heterocycles. The van der Waals surface area contributed by atoms with E-state index in [1.165, 1.54) is 18.2 Å². The number of benzene rings is 1. The number of hydrogen-bond acceptors (Lipinski definition) is 6. The molecule has 214 valence electrons. The van der Waals surface area contributed by atoms with E-state index in [1.807, 2.05) is 41.5 Å². The smallest absolute Gasteiger partial charge is 0.253 e. The summed E-state index contributed by atoms with van der Waals surface area (Å²) in [5, 5.41) is 26.8. The Kier molecular flexibility index (Phi) is 14.0. The molecule has 1 aromatic rings. The molecule has 0 saturated heterocycles. The minimum Gasteiger partial charge on any atom is -0.390 e. The van der Waals surface area contributed by atoms with Gasteiger partial charge < -0.3 is 31.5 Å². The fraction of sp³-hybridized carbons (Fsp3) is 0.643. The summed E-state index contributed by atoms with van der Waals surface area (Å²) in [6.07, 6.45) is -1.32. The number of aliphatic hydroxyl groups is 2. The number of carbonyl (C=O) groups is 4. The van der Waals surface area contributed by atoms with Crippen LogP contribution in [0.2, 0.25) is 0 Å². The lowest BCUT2D eigenvalue weighted by molar-refractivity contribution is -0.125. The van der Waals surface area contributed by atoms with Crippen LogP contribution in [-0.2, 0) is 4.79 Å². The Bertz CT molecular complexity index is 943. The predicted molar refractivity (Wildman–Crippen MR) is 147 cm³/mol. The molecule has 1 aromatic carbocycles. The molecule has 0 aromatic heterocycles. The van der Waals surface area contributed by atoms with Crippen LogP contribution in [0.1, 0.15) is 98.3 Å². The van der Waals surface area contributed by atoms with E-state index in [4.69, 9.17) is 5.73 Å². The third kappa shape index (κ3) is 10.8. The van der Waals surface area contributed by atoms with Gasteiger partial charge in [0.25, 0.3) is 11.8 Å². The van der Waals surface area contributed by atoms with Gasteiger partial charge in [-0.2, -0.15) is 0 Å². The Balaban J connectivity index is 3.21. The molecule has 0 spiro atoms. The average molecular weight is 535 g/mol. The third-order valence-corrected chi connectivity index (χ3v) is 5.95. The third-order valence-electron chi connectivity index (χ3n) is 5.95. The van der Waals surface area contributed by atoms with Crippen molar-refractivity contribution >= 4 is 23.6 Å². The van der Waals surface area contributed by atoms with Gasteiger partial charge in [-0.1, -0.05) is 41.5 Å². The molecule has 0 aliphatic carbocycles. The summed E-state index contributed by atoms with van der Waals surface area (Å²) in [6.45, 7) is 13.1. The Morgan fingerprint density at radius 3 is 1.95 bits per heavy atom. The Hall–Kier alpha value is -2.98. The second-order valence-electron chi connectivity index (χ2n) is 10.6. The zero-order chi connectivity index (χ0) is 29.0. The van der Waals surface area contributed by atoms with E-state index in [-0.39, 0.29) is 40.9 Å². The van der Waals surface area contributed by atoms with Crippen molar-refractivity contribution in [2.75, 3.05) is 19.6 Å².